The van der Waals surface area contributed by atoms with Gasteiger partial charge >= 0.3 is 0 Å². The van der Waals surface area contributed by atoms with Crippen molar-refractivity contribution in [1.29, 1.82) is 0 Å². The monoisotopic (exact) mass is 273 g/mol. The number of nitrogens with one attached hydrogen (secondary N) is 1. The van der Waals surface area contributed by atoms with E-state index in [1.165, 1.54) is 0 Å². The summed E-state index contributed by atoms with van der Waals surface area (Å²) in [4.78, 5) is 7.81. The predicted octanol–water partition coefficient (Wildman–Crippen LogP) is 3.32. The minimum Gasteiger partial charge on any atom is -0.491 e. The van der Waals surface area contributed by atoms with Crippen molar-refractivity contribution in [2.24, 2.45) is 5.73 Å². The maximum atomic E-state index is 5.64. The summed E-state index contributed by atoms with van der Waals surface area (Å²) in [7, 11) is 0. The highest BCUT2D eigenvalue weighted by Crippen LogP contribution is 2.24. The third-order valence-electron chi connectivity index (χ3n) is 3.20. The van der Waals surface area contributed by atoms with Crippen molar-refractivity contribution in [3.8, 4) is 17.0 Å². The Hall–Kier alpha value is -1.81. The summed E-state index contributed by atoms with van der Waals surface area (Å²) in [6.45, 7) is 6.86. The summed E-state index contributed by atoms with van der Waals surface area (Å²) in [6, 6.07) is 8.06. The van der Waals surface area contributed by atoms with Gasteiger partial charge in [0.05, 0.1) is 18.0 Å². The van der Waals surface area contributed by atoms with Crippen LogP contribution in [0.15, 0.2) is 30.5 Å². The summed E-state index contributed by atoms with van der Waals surface area (Å²) in [5.41, 5.74) is 7.72. The van der Waals surface area contributed by atoms with Crippen LogP contribution in [0.1, 0.15) is 38.9 Å². The average molecular weight is 273 g/mol. The quantitative estimate of drug-likeness (QED) is 0.848. The van der Waals surface area contributed by atoms with Gasteiger partial charge in [0.1, 0.15) is 11.6 Å². The Bertz CT molecular complexity index is 531. The van der Waals surface area contributed by atoms with Gasteiger partial charge in [0.25, 0.3) is 0 Å². The lowest BCUT2D eigenvalue weighted by Crippen LogP contribution is -2.05. The van der Waals surface area contributed by atoms with Crippen molar-refractivity contribution in [2.75, 3.05) is 6.54 Å². The molecular weight excluding hydrogens is 250 g/mol. The summed E-state index contributed by atoms with van der Waals surface area (Å²) in [5, 5.41) is 0. The molecule has 4 heteroatoms. The first-order valence-corrected chi connectivity index (χ1v) is 7.12. The van der Waals surface area contributed by atoms with Crippen LogP contribution >= 0.6 is 0 Å². The fourth-order valence-corrected chi connectivity index (χ4v) is 2.11. The third kappa shape index (κ3) is 3.61. The SMILES string of the molecule is CC(C)Oc1ccc(-c2cnc(C(C)CCN)[nH]2)cc1. The molecule has 0 bridgehead atoms. The number of aromatic nitrogens is 2. The molecule has 0 aliphatic carbocycles. The lowest BCUT2D eigenvalue weighted by Gasteiger charge is -2.09. The molecule has 0 aliphatic rings. The molecule has 0 saturated carbocycles. The molecule has 1 unspecified atom stereocenters. The normalized spacial score (nSPS) is 12.7. The van der Waals surface area contributed by atoms with E-state index in [0.717, 1.165) is 29.3 Å². The van der Waals surface area contributed by atoms with Gasteiger partial charge in [-0.1, -0.05) is 6.92 Å². The molecule has 2 aromatic rings. The van der Waals surface area contributed by atoms with Crippen LogP contribution in [-0.2, 0) is 0 Å². The molecule has 0 saturated heterocycles. The molecule has 0 radical (unpaired) electrons. The fraction of sp³-hybridized carbons (Fsp3) is 0.438. The topological polar surface area (TPSA) is 63.9 Å². The Morgan fingerprint density at radius 2 is 1.90 bits per heavy atom. The van der Waals surface area contributed by atoms with Gasteiger partial charge in [0.2, 0.25) is 0 Å². The lowest BCUT2D eigenvalue weighted by molar-refractivity contribution is 0.242. The number of imidazole rings is 1. The first kappa shape index (κ1) is 14.6. The van der Waals surface area contributed by atoms with Crippen LogP contribution in [0.3, 0.4) is 0 Å². The summed E-state index contributed by atoms with van der Waals surface area (Å²) >= 11 is 0. The van der Waals surface area contributed by atoms with Gasteiger partial charge in [0.15, 0.2) is 0 Å². The van der Waals surface area contributed by atoms with Gasteiger partial charge in [-0.2, -0.15) is 0 Å². The second-order valence-corrected chi connectivity index (χ2v) is 5.35. The van der Waals surface area contributed by atoms with E-state index in [9.17, 15) is 0 Å². The smallest absolute Gasteiger partial charge is 0.119 e. The number of aromatic amines is 1. The van der Waals surface area contributed by atoms with Crippen molar-refractivity contribution in [3.63, 3.8) is 0 Å². The second-order valence-electron chi connectivity index (χ2n) is 5.35. The number of hydrogen-bond acceptors (Lipinski definition) is 3. The van der Waals surface area contributed by atoms with E-state index in [0.29, 0.717) is 12.5 Å². The highest BCUT2D eigenvalue weighted by Gasteiger charge is 2.10. The fourth-order valence-electron chi connectivity index (χ4n) is 2.11. The molecular formula is C16H23N3O. The highest BCUT2D eigenvalue weighted by atomic mass is 16.5. The molecule has 1 aromatic heterocycles. The zero-order valence-corrected chi connectivity index (χ0v) is 12.4. The van der Waals surface area contributed by atoms with E-state index in [1.807, 2.05) is 44.3 Å². The van der Waals surface area contributed by atoms with Crippen LogP contribution in [0.2, 0.25) is 0 Å². The van der Waals surface area contributed by atoms with Crippen LogP contribution < -0.4 is 10.5 Å². The van der Waals surface area contributed by atoms with Crippen LogP contribution in [0.4, 0.5) is 0 Å². The maximum absolute atomic E-state index is 5.64. The lowest BCUT2D eigenvalue weighted by atomic mass is 10.1. The van der Waals surface area contributed by atoms with Crippen molar-refractivity contribution >= 4 is 0 Å². The Balaban J connectivity index is 2.11. The van der Waals surface area contributed by atoms with Gasteiger partial charge in [-0.15, -0.1) is 0 Å². The summed E-state index contributed by atoms with van der Waals surface area (Å²) in [5.74, 6) is 2.24. The number of hydrogen-bond donors (Lipinski definition) is 2. The van der Waals surface area contributed by atoms with Gasteiger partial charge in [0, 0.05) is 5.92 Å². The Labute approximate surface area is 120 Å². The van der Waals surface area contributed by atoms with Crippen molar-refractivity contribution in [2.45, 2.75) is 39.2 Å². The zero-order valence-electron chi connectivity index (χ0n) is 12.4. The molecule has 0 aliphatic heterocycles. The molecule has 3 N–H and O–H groups in total. The van der Waals surface area contributed by atoms with Gasteiger partial charge in [-0.25, -0.2) is 4.98 Å². The van der Waals surface area contributed by atoms with Crippen molar-refractivity contribution in [1.82, 2.24) is 9.97 Å². The molecule has 4 nitrogen and oxygen atoms in total. The first-order valence-electron chi connectivity index (χ1n) is 7.12. The van der Waals surface area contributed by atoms with Gasteiger partial charge < -0.3 is 15.5 Å². The van der Waals surface area contributed by atoms with Gasteiger partial charge in [-0.3, -0.25) is 0 Å². The number of H-pyrrole nitrogens is 1. The summed E-state index contributed by atoms with van der Waals surface area (Å²) < 4.78 is 5.64. The molecule has 20 heavy (non-hydrogen) atoms. The number of nitrogens with zero attached hydrogens (tertiary/aromatic N) is 1. The highest BCUT2D eigenvalue weighted by molar-refractivity contribution is 5.59. The number of nitrogens with two attached hydrogens (primary N) is 1. The van der Waals surface area contributed by atoms with Crippen LogP contribution in [0.5, 0.6) is 5.75 Å². The second kappa shape index (κ2) is 6.57. The van der Waals surface area contributed by atoms with E-state index in [2.05, 4.69) is 16.9 Å². The van der Waals surface area contributed by atoms with Crippen molar-refractivity contribution in [3.05, 3.63) is 36.3 Å². The largest absolute Gasteiger partial charge is 0.491 e. The summed E-state index contributed by atoms with van der Waals surface area (Å²) in [6.07, 6.45) is 3.01. The first-order chi connectivity index (χ1) is 9.60. The maximum Gasteiger partial charge on any atom is 0.119 e. The third-order valence-corrected chi connectivity index (χ3v) is 3.20. The molecule has 0 spiro atoms. The molecule has 108 valence electrons. The molecule has 1 heterocycles. The van der Waals surface area contributed by atoms with Gasteiger partial charge in [-0.05, 0) is 56.6 Å². The molecule has 2 rings (SSSR count). The van der Waals surface area contributed by atoms with E-state index in [-0.39, 0.29) is 6.10 Å². The van der Waals surface area contributed by atoms with E-state index < -0.39 is 0 Å². The number of benzene rings is 1. The number of ether oxygens (including phenoxy) is 1. The minimum atomic E-state index is 0.191. The van der Waals surface area contributed by atoms with E-state index in [4.69, 9.17) is 10.5 Å². The Morgan fingerprint density at radius 1 is 1.20 bits per heavy atom. The minimum absolute atomic E-state index is 0.191. The van der Waals surface area contributed by atoms with Crippen molar-refractivity contribution < 1.29 is 4.74 Å². The Kier molecular flexibility index (Phi) is 4.79. The molecule has 1 aromatic carbocycles. The number of rotatable bonds is 6. The standard InChI is InChI=1S/C16H23N3O/c1-11(2)20-14-6-4-13(5-7-14)15-10-18-16(19-15)12(3)8-9-17/h4-7,10-12H,8-9,17H2,1-3H3,(H,18,19). The molecule has 0 amide bonds. The van der Waals surface area contributed by atoms with Crippen LogP contribution in [0.25, 0.3) is 11.3 Å². The molecule has 1 atom stereocenters. The Morgan fingerprint density at radius 3 is 2.50 bits per heavy atom. The molecule has 0 fully saturated rings. The average Bonchev–Trinajstić information content (AvgIpc) is 2.89. The van der Waals surface area contributed by atoms with E-state index in [1.54, 1.807) is 0 Å². The van der Waals surface area contributed by atoms with Crippen LogP contribution in [-0.4, -0.2) is 22.6 Å². The van der Waals surface area contributed by atoms with Crippen LogP contribution in [0, 0.1) is 0 Å². The zero-order chi connectivity index (χ0) is 14.5. The van der Waals surface area contributed by atoms with E-state index >= 15 is 0 Å². The predicted molar refractivity (Wildman–Crippen MR) is 81.9 cm³/mol.